The van der Waals surface area contributed by atoms with Crippen molar-refractivity contribution in [2.75, 3.05) is 19.6 Å². The fraction of sp³-hybridized carbons (Fsp3) is 0.571. The summed E-state index contributed by atoms with van der Waals surface area (Å²) in [6.45, 7) is 2.72. The van der Waals surface area contributed by atoms with Gasteiger partial charge in [0.25, 0.3) is 0 Å². The number of nitrogens with zero attached hydrogens (tertiary/aromatic N) is 1. The van der Waals surface area contributed by atoms with Crippen LogP contribution in [0.2, 0.25) is 0 Å². The van der Waals surface area contributed by atoms with Crippen LogP contribution in [-0.4, -0.2) is 41.5 Å². The Kier molecular flexibility index (Phi) is 5.14. The van der Waals surface area contributed by atoms with Crippen molar-refractivity contribution in [3.8, 4) is 0 Å². The summed E-state index contributed by atoms with van der Waals surface area (Å²) in [5.41, 5.74) is 0. The quantitative estimate of drug-likeness (QED) is 0.766. The number of carboxylic acids is 1. The van der Waals surface area contributed by atoms with Gasteiger partial charge in [0.2, 0.25) is 5.91 Å². The third-order valence-electron chi connectivity index (χ3n) is 3.29. The Morgan fingerprint density at radius 1 is 1.50 bits per heavy atom. The van der Waals surface area contributed by atoms with Gasteiger partial charge in [0.15, 0.2) is 0 Å². The predicted molar refractivity (Wildman–Crippen MR) is 77.7 cm³/mol. The van der Waals surface area contributed by atoms with E-state index in [1.54, 1.807) is 16.2 Å². The number of amides is 1. The highest BCUT2D eigenvalue weighted by atomic mass is 32.1. The Hall–Kier alpha value is -1.40. The predicted octanol–water partition coefficient (Wildman–Crippen LogP) is 1.72. The monoisotopic (exact) mass is 296 g/mol. The molecule has 6 heteroatoms. The minimum Gasteiger partial charge on any atom is -0.480 e. The van der Waals surface area contributed by atoms with Gasteiger partial charge in [0.05, 0.1) is 19.1 Å². The van der Waals surface area contributed by atoms with Crippen LogP contribution in [0.1, 0.15) is 30.7 Å². The summed E-state index contributed by atoms with van der Waals surface area (Å²) in [5.74, 6) is -0.436. The van der Waals surface area contributed by atoms with Gasteiger partial charge in [0.1, 0.15) is 0 Å². The number of carbonyl (C=O) groups is 2. The number of carboxylic acid groups (broad SMARTS) is 1. The van der Waals surface area contributed by atoms with E-state index in [9.17, 15) is 9.59 Å². The maximum Gasteiger partial charge on any atom is 0.317 e. The van der Waals surface area contributed by atoms with E-state index in [1.807, 2.05) is 24.4 Å². The van der Waals surface area contributed by atoms with Crippen molar-refractivity contribution >= 4 is 23.2 Å². The molecular formula is C14H20N2O3S. The lowest BCUT2D eigenvalue weighted by molar-refractivity contribution is -0.138. The molecule has 1 atom stereocenters. The molecule has 2 rings (SSSR count). The van der Waals surface area contributed by atoms with Gasteiger partial charge in [-0.3, -0.25) is 14.5 Å². The van der Waals surface area contributed by atoms with E-state index in [0.29, 0.717) is 12.5 Å². The van der Waals surface area contributed by atoms with Gasteiger partial charge in [-0.25, -0.2) is 0 Å². The van der Waals surface area contributed by atoms with Gasteiger partial charge in [-0.2, -0.15) is 0 Å². The molecule has 0 spiro atoms. The van der Waals surface area contributed by atoms with Gasteiger partial charge < -0.3 is 10.4 Å². The molecule has 1 aliphatic rings. The van der Waals surface area contributed by atoms with Crippen LogP contribution in [-0.2, 0) is 9.59 Å². The van der Waals surface area contributed by atoms with Gasteiger partial charge >= 0.3 is 5.97 Å². The van der Waals surface area contributed by atoms with Crippen molar-refractivity contribution < 1.29 is 14.7 Å². The first-order valence-corrected chi connectivity index (χ1v) is 7.69. The first-order chi connectivity index (χ1) is 9.54. The molecule has 1 amide bonds. The average molecular weight is 296 g/mol. The van der Waals surface area contributed by atoms with Gasteiger partial charge in [-0.1, -0.05) is 6.07 Å². The molecule has 1 saturated carbocycles. The van der Waals surface area contributed by atoms with Crippen LogP contribution in [0.15, 0.2) is 17.5 Å². The zero-order valence-electron chi connectivity index (χ0n) is 11.5. The lowest BCUT2D eigenvalue weighted by Gasteiger charge is -2.21. The number of carbonyl (C=O) groups excluding carboxylic acids is 1. The standard InChI is InChI=1S/C14H20N2O3S/c1-10(12-3-2-6-20-12)15-13(17)8-16(9-14(18)19)7-11-4-5-11/h2-3,6,10-11H,4-5,7-9H2,1H3,(H,15,17)(H,18,19). The minimum atomic E-state index is -0.884. The molecule has 0 bridgehead atoms. The number of hydrogen-bond acceptors (Lipinski definition) is 4. The van der Waals surface area contributed by atoms with E-state index in [4.69, 9.17) is 5.11 Å². The lowest BCUT2D eigenvalue weighted by atomic mass is 10.2. The summed E-state index contributed by atoms with van der Waals surface area (Å²) in [7, 11) is 0. The fourth-order valence-electron chi connectivity index (χ4n) is 2.14. The van der Waals surface area contributed by atoms with Crippen molar-refractivity contribution in [3.05, 3.63) is 22.4 Å². The number of thiophene rings is 1. The molecule has 20 heavy (non-hydrogen) atoms. The van der Waals surface area contributed by atoms with Crippen molar-refractivity contribution in [2.24, 2.45) is 5.92 Å². The molecule has 5 nitrogen and oxygen atoms in total. The number of aliphatic carboxylic acids is 1. The van der Waals surface area contributed by atoms with Crippen LogP contribution < -0.4 is 5.32 Å². The molecular weight excluding hydrogens is 276 g/mol. The van der Waals surface area contributed by atoms with E-state index < -0.39 is 5.97 Å². The molecule has 1 aliphatic carbocycles. The van der Waals surface area contributed by atoms with Crippen LogP contribution in [0.3, 0.4) is 0 Å². The third-order valence-corrected chi connectivity index (χ3v) is 4.34. The summed E-state index contributed by atoms with van der Waals surface area (Å²) in [5, 5.41) is 13.8. The molecule has 1 heterocycles. The Balaban J connectivity index is 1.82. The van der Waals surface area contributed by atoms with Crippen LogP contribution in [0.25, 0.3) is 0 Å². The topological polar surface area (TPSA) is 69.6 Å². The Bertz CT molecular complexity index is 457. The summed E-state index contributed by atoms with van der Waals surface area (Å²) in [6.07, 6.45) is 2.28. The fourth-order valence-corrected chi connectivity index (χ4v) is 2.88. The van der Waals surface area contributed by atoms with E-state index in [-0.39, 0.29) is 25.0 Å². The molecule has 110 valence electrons. The highest BCUT2D eigenvalue weighted by Gasteiger charge is 2.26. The van der Waals surface area contributed by atoms with Gasteiger partial charge in [-0.15, -0.1) is 11.3 Å². The van der Waals surface area contributed by atoms with Gasteiger partial charge in [-0.05, 0) is 37.1 Å². The molecule has 1 unspecified atom stereocenters. The summed E-state index contributed by atoms with van der Waals surface area (Å²) >= 11 is 1.60. The maximum atomic E-state index is 12.0. The van der Waals surface area contributed by atoms with Crippen LogP contribution in [0.4, 0.5) is 0 Å². The van der Waals surface area contributed by atoms with Crippen LogP contribution >= 0.6 is 11.3 Å². The second-order valence-corrected chi connectivity index (χ2v) is 6.29. The molecule has 0 aromatic carbocycles. The Morgan fingerprint density at radius 2 is 2.25 bits per heavy atom. The zero-order valence-corrected chi connectivity index (χ0v) is 12.4. The third kappa shape index (κ3) is 4.94. The van der Waals surface area contributed by atoms with Crippen LogP contribution in [0.5, 0.6) is 0 Å². The number of rotatable bonds is 8. The molecule has 1 aromatic heterocycles. The van der Waals surface area contributed by atoms with Crippen molar-refractivity contribution in [1.82, 2.24) is 10.2 Å². The number of nitrogens with one attached hydrogen (secondary N) is 1. The summed E-state index contributed by atoms with van der Waals surface area (Å²) in [4.78, 5) is 25.7. The van der Waals surface area contributed by atoms with E-state index in [2.05, 4.69) is 5.32 Å². The van der Waals surface area contributed by atoms with E-state index >= 15 is 0 Å². The van der Waals surface area contributed by atoms with Crippen molar-refractivity contribution in [1.29, 1.82) is 0 Å². The average Bonchev–Trinajstić information content (AvgIpc) is 2.99. The summed E-state index contributed by atoms with van der Waals surface area (Å²) in [6, 6.07) is 3.90. The molecule has 0 radical (unpaired) electrons. The van der Waals surface area contributed by atoms with Crippen LogP contribution in [0, 0.1) is 5.92 Å². The highest BCUT2D eigenvalue weighted by Crippen LogP contribution is 2.29. The molecule has 1 aromatic rings. The molecule has 0 saturated heterocycles. The Labute approximate surface area is 122 Å². The van der Waals surface area contributed by atoms with E-state index in [0.717, 1.165) is 17.7 Å². The first kappa shape index (κ1) is 15.0. The Morgan fingerprint density at radius 3 is 2.80 bits per heavy atom. The van der Waals surface area contributed by atoms with E-state index in [1.165, 1.54) is 0 Å². The van der Waals surface area contributed by atoms with Gasteiger partial charge in [0, 0.05) is 11.4 Å². The highest BCUT2D eigenvalue weighted by molar-refractivity contribution is 7.10. The minimum absolute atomic E-state index is 0.0323. The first-order valence-electron chi connectivity index (χ1n) is 6.81. The molecule has 2 N–H and O–H groups in total. The second-order valence-electron chi connectivity index (χ2n) is 5.31. The zero-order chi connectivity index (χ0) is 14.5. The van der Waals surface area contributed by atoms with Crippen molar-refractivity contribution in [3.63, 3.8) is 0 Å². The smallest absolute Gasteiger partial charge is 0.317 e. The molecule has 0 aliphatic heterocycles. The largest absolute Gasteiger partial charge is 0.480 e. The normalized spacial score (nSPS) is 16.1. The lowest BCUT2D eigenvalue weighted by Crippen LogP contribution is -2.41. The second kappa shape index (κ2) is 6.85. The maximum absolute atomic E-state index is 12.0. The molecule has 1 fully saturated rings. The summed E-state index contributed by atoms with van der Waals surface area (Å²) < 4.78 is 0. The van der Waals surface area contributed by atoms with Crippen molar-refractivity contribution in [2.45, 2.75) is 25.8 Å². The number of hydrogen-bond donors (Lipinski definition) is 2. The SMILES string of the molecule is CC(NC(=O)CN(CC(=O)O)CC1CC1)c1cccs1.